The van der Waals surface area contributed by atoms with Crippen molar-refractivity contribution in [2.75, 3.05) is 31.2 Å². The van der Waals surface area contributed by atoms with Gasteiger partial charge in [-0.25, -0.2) is 0 Å². The lowest BCUT2D eigenvalue weighted by atomic mass is 10.1. The van der Waals surface area contributed by atoms with Crippen molar-refractivity contribution in [3.8, 4) is 0 Å². The Labute approximate surface area is 122 Å². The second-order valence-electron chi connectivity index (χ2n) is 5.31. The summed E-state index contributed by atoms with van der Waals surface area (Å²) < 4.78 is 7.10. The van der Waals surface area contributed by atoms with Crippen LogP contribution >= 0.6 is 0 Å². The molecule has 2 aromatic heterocycles. The van der Waals surface area contributed by atoms with Gasteiger partial charge in [-0.05, 0) is 17.5 Å². The predicted octanol–water partition coefficient (Wildman–Crippen LogP) is 2.29. The lowest BCUT2D eigenvalue weighted by Gasteiger charge is -2.29. The van der Waals surface area contributed by atoms with Crippen LogP contribution in [0.1, 0.15) is 0 Å². The third-order valence-electron chi connectivity index (χ3n) is 4.07. The van der Waals surface area contributed by atoms with Crippen molar-refractivity contribution in [1.82, 2.24) is 4.40 Å². The number of fused-ring (bicyclic) bond motifs is 3. The number of hydrogen-bond acceptors (Lipinski definition) is 3. The zero-order valence-corrected chi connectivity index (χ0v) is 11.7. The van der Waals surface area contributed by atoms with Crippen molar-refractivity contribution in [2.24, 2.45) is 0 Å². The molecule has 1 aliphatic heterocycles. The van der Waals surface area contributed by atoms with E-state index in [0.717, 1.165) is 48.3 Å². The number of benzene rings is 1. The Bertz CT molecular complexity index is 863. The van der Waals surface area contributed by atoms with Gasteiger partial charge in [0.25, 0.3) is 5.56 Å². The number of rotatable bonds is 1. The molecule has 0 amide bonds. The van der Waals surface area contributed by atoms with Crippen LogP contribution in [0.3, 0.4) is 0 Å². The third-order valence-corrected chi connectivity index (χ3v) is 4.07. The van der Waals surface area contributed by atoms with Crippen LogP contribution in [0.2, 0.25) is 0 Å². The molecule has 21 heavy (non-hydrogen) atoms. The van der Waals surface area contributed by atoms with Crippen molar-refractivity contribution in [1.29, 1.82) is 0 Å². The van der Waals surface area contributed by atoms with Crippen LogP contribution in [-0.2, 0) is 4.74 Å². The number of anilines is 1. The Kier molecular flexibility index (Phi) is 2.89. The van der Waals surface area contributed by atoms with E-state index >= 15 is 0 Å². The van der Waals surface area contributed by atoms with Crippen molar-refractivity contribution in [3.63, 3.8) is 0 Å². The van der Waals surface area contributed by atoms with Crippen molar-refractivity contribution in [3.05, 3.63) is 59.0 Å². The van der Waals surface area contributed by atoms with Crippen LogP contribution in [0, 0.1) is 0 Å². The van der Waals surface area contributed by atoms with E-state index in [0.29, 0.717) is 0 Å². The standard InChI is InChI=1S/C17H16N2O2/c20-17-12-14(18-7-9-21-10-8-18)11-16-15-4-2-1-3-13(15)5-6-19(16)17/h1-6,11-12H,7-10H2. The first-order valence-electron chi connectivity index (χ1n) is 7.20. The summed E-state index contributed by atoms with van der Waals surface area (Å²) in [6.07, 6.45) is 1.85. The first-order chi connectivity index (χ1) is 10.3. The van der Waals surface area contributed by atoms with E-state index in [-0.39, 0.29) is 5.56 Å². The highest BCUT2D eigenvalue weighted by molar-refractivity contribution is 5.96. The Morgan fingerprint density at radius 2 is 1.81 bits per heavy atom. The van der Waals surface area contributed by atoms with Crippen LogP contribution < -0.4 is 10.5 Å². The van der Waals surface area contributed by atoms with Gasteiger partial charge in [-0.1, -0.05) is 24.3 Å². The fourth-order valence-corrected chi connectivity index (χ4v) is 2.96. The average molecular weight is 280 g/mol. The molecular formula is C17H16N2O2. The monoisotopic (exact) mass is 280 g/mol. The molecule has 4 rings (SSSR count). The van der Waals surface area contributed by atoms with Gasteiger partial charge < -0.3 is 9.64 Å². The fraction of sp³-hybridized carbons (Fsp3) is 0.235. The third kappa shape index (κ3) is 2.08. The highest BCUT2D eigenvalue weighted by atomic mass is 16.5. The van der Waals surface area contributed by atoms with E-state index in [1.54, 1.807) is 10.5 Å². The maximum atomic E-state index is 12.4. The molecule has 0 N–H and O–H groups in total. The van der Waals surface area contributed by atoms with Gasteiger partial charge in [0, 0.05) is 36.4 Å². The second kappa shape index (κ2) is 4.90. The van der Waals surface area contributed by atoms with Crippen LogP contribution in [-0.4, -0.2) is 30.7 Å². The second-order valence-corrected chi connectivity index (χ2v) is 5.31. The molecule has 4 heteroatoms. The minimum atomic E-state index is 0.0137. The Hall–Kier alpha value is -2.33. The van der Waals surface area contributed by atoms with E-state index in [9.17, 15) is 4.79 Å². The summed E-state index contributed by atoms with van der Waals surface area (Å²) in [6, 6.07) is 14.0. The topological polar surface area (TPSA) is 34.0 Å². The normalized spacial score (nSPS) is 15.7. The quantitative estimate of drug-likeness (QED) is 0.641. The van der Waals surface area contributed by atoms with E-state index in [1.165, 1.54) is 0 Å². The number of ether oxygens (including phenoxy) is 1. The molecule has 106 valence electrons. The summed E-state index contributed by atoms with van der Waals surface area (Å²) in [5, 5.41) is 2.25. The van der Waals surface area contributed by atoms with Crippen molar-refractivity contribution < 1.29 is 4.74 Å². The number of morpholine rings is 1. The van der Waals surface area contributed by atoms with Crippen LogP contribution in [0.25, 0.3) is 16.3 Å². The highest BCUT2D eigenvalue weighted by Gasteiger charge is 2.13. The minimum absolute atomic E-state index is 0.0137. The molecule has 0 aliphatic carbocycles. The van der Waals surface area contributed by atoms with Gasteiger partial charge in [0.05, 0.1) is 18.7 Å². The van der Waals surface area contributed by atoms with Crippen LogP contribution in [0.15, 0.2) is 53.5 Å². The molecule has 1 saturated heterocycles. The zero-order chi connectivity index (χ0) is 14.2. The molecule has 3 heterocycles. The maximum absolute atomic E-state index is 12.4. The molecule has 0 radical (unpaired) electrons. The summed E-state index contributed by atoms with van der Waals surface area (Å²) in [4.78, 5) is 14.6. The van der Waals surface area contributed by atoms with Gasteiger partial charge >= 0.3 is 0 Å². The predicted molar refractivity (Wildman–Crippen MR) is 84.2 cm³/mol. The van der Waals surface area contributed by atoms with Gasteiger partial charge in [0.1, 0.15) is 0 Å². The molecule has 1 aliphatic rings. The molecule has 4 nitrogen and oxygen atoms in total. The summed E-state index contributed by atoms with van der Waals surface area (Å²) in [5.74, 6) is 0. The van der Waals surface area contributed by atoms with Crippen molar-refractivity contribution >= 4 is 22.0 Å². The van der Waals surface area contributed by atoms with Gasteiger partial charge in [0.2, 0.25) is 0 Å². The molecule has 0 spiro atoms. The Morgan fingerprint density at radius 3 is 2.67 bits per heavy atom. The number of hydrogen-bond donors (Lipinski definition) is 0. The fourth-order valence-electron chi connectivity index (χ4n) is 2.96. The number of aromatic nitrogens is 1. The van der Waals surface area contributed by atoms with E-state index in [4.69, 9.17) is 4.74 Å². The van der Waals surface area contributed by atoms with E-state index < -0.39 is 0 Å². The number of nitrogens with zero attached hydrogens (tertiary/aromatic N) is 2. The first kappa shape index (κ1) is 12.4. The van der Waals surface area contributed by atoms with Crippen LogP contribution in [0.5, 0.6) is 0 Å². The summed E-state index contributed by atoms with van der Waals surface area (Å²) in [7, 11) is 0. The van der Waals surface area contributed by atoms with Crippen LogP contribution in [0.4, 0.5) is 5.69 Å². The smallest absolute Gasteiger partial charge is 0.257 e. The summed E-state index contributed by atoms with van der Waals surface area (Å²) >= 11 is 0. The molecular weight excluding hydrogens is 264 g/mol. The summed E-state index contributed by atoms with van der Waals surface area (Å²) in [5.41, 5.74) is 1.96. The van der Waals surface area contributed by atoms with Gasteiger partial charge in [0.15, 0.2) is 0 Å². The highest BCUT2D eigenvalue weighted by Crippen LogP contribution is 2.23. The van der Waals surface area contributed by atoms with Gasteiger partial charge in [-0.3, -0.25) is 9.20 Å². The zero-order valence-electron chi connectivity index (χ0n) is 11.7. The Morgan fingerprint density at radius 1 is 1.00 bits per heavy atom. The summed E-state index contributed by atoms with van der Waals surface area (Å²) in [6.45, 7) is 3.10. The van der Waals surface area contributed by atoms with Gasteiger partial charge in [-0.2, -0.15) is 0 Å². The Balaban J connectivity index is 1.98. The lowest BCUT2D eigenvalue weighted by Crippen LogP contribution is -2.36. The minimum Gasteiger partial charge on any atom is -0.378 e. The maximum Gasteiger partial charge on any atom is 0.257 e. The number of pyridine rings is 2. The lowest BCUT2D eigenvalue weighted by molar-refractivity contribution is 0.122. The van der Waals surface area contributed by atoms with E-state index in [2.05, 4.69) is 23.1 Å². The molecule has 0 unspecified atom stereocenters. The molecule has 0 saturated carbocycles. The SMILES string of the molecule is O=c1cc(N2CCOCC2)cc2c3ccccc3ccn12. The van der Waals surface area contributed by atoms with Gasteiger partial charge in [-0.15, -0.1) is 0 Å². The molecule has 0 bridgehead atoms. The molecule has 0 atom stereocenters. The van der Waals surface area contributed by atoms with E-state index in [1.807, 2.05) is 24.4 Å². The first-order valence-corrected chi connectivity index (χ1v) is 7.20. The molecule has 3 aromatic rings. The molecule has 1 fully saturated rings. The average Bonchev–Trinajstić information content (AvgIpc) is 2.55. The van der Waals surface area contributed by atoms with Crippen molar-refractivity contribution in [2.45, 2.75) is 0 Å². The largest absolute Gasteiger partial charge is 0.378 e. The molecule has 1 aromatic carbocycles.